The number of hydrogen-bond acceptors (Lipinski definition) is 3. The van der Waals surface area contributed by atoms with E-state index in [9.17, 15) is 4.79 Å². The molecule has 5 nitrogen and oxygen atoms in total. The predicted octanol–water partition coefficient (Wildman–Crippen LogP) is 6.12. The zero-order valence-corrected chi connectivity index (χ0v) is 22.5. The maximum Gasteiger partial charge on any atom is 0.270 e. The molecular weight excluding hydrogens is 547 g/mol. The third-order valence-electron chi connectivity index (χ3n) is 6.99. The molecule has 1 N–H and O–H groups in total. The van der Waals surface area contributed by atoms with Crippen LogP contribution in [0.4, 0.5) is 5.69 Å². The van der Waals surface area contributed by atoms with Gasteiger partial charge in [0.25, 0.3) is 5.91 Å². The first-order valence-corrected chi connectivity index (χ1v) is 13.4. The number of nitrogens with one attached hydrogen (secondary N) is 1. The zero-order valence-electron chi connectivity index (χ0n) is 20.3. The van der Waals surface area contributed by atoms with Crippen LogP contribution in [0.5, 0.6) is 0 Å². The van der Waals surface area contributed by atoms with Gasteiger partial charge in [0.1, 0.15) is 11.3 Å². The number of piperidine rings is 1. The molecule has 0 radical (unpaired) electrons. The van der Waals surface area contributed by atoms with Crippen LogP contribution in [0.1, 0.15) is 58.6 Å². The predicted molar refractivity (Wildman–Crippen MR) is 150 cm³/mol. The minimum Gasteiger partial charge on any atom is -0.371 e. The van der Waals surface area contributed by atoms with Gasteiger partial charge in [0.05, 0.1) is 5.69 Å². The monoisotopic (exact) mass is 578 g/mol. The highest BCUT2D eigenvalue weighted by molar-refractivity contribution is 14.1. The Hall–Kier alpha value is -2.87. The number of aryl methyl sites for hydroxylation is 2. The maximum atomic E-state index is 13.1. The van der Waals surface area contributed by atoms with Gasteiger partial charge in [-0.15, -0.1) is 0 Å². The van der Waals surface area contributed by atoms with E-state index in [-0.39, 0.29) is 5.91 Å². The van der Waals surface area contributed by atoms with E-state index in [0.717, 1.165) is 42.0 Å². The van der Waals surface area contributed by atoms with Gasteiger partial charge in [-0.05, 0) is 108 Å². The first-order chi connectivity index (χ1) is 17.0. The van der Waals surface area contributed by atoms with Crippen LogP contribution in [0.2, 0.25) is 0 Å². The molecule has 0 saturated carbocycles. The molecule has 2 aromatic carbocycles. The molecule has 5 rings (SSSR count). The highest BCUT2D eigenvalue weighted by Crippen LogP contribution is 2.31. The van der Waals surface area contributed by atoms with Crippen molar-refractivity contribution in [1.82, 2.24) is 14.7 Å². The molecule has 35 heavy (non-hydrogen) atoms. The van der Waals surface area contributed by atoms with E-state index < -0.39 is 0 Å². The molecule has 2 aromatic heterocycles. The summed E-state index contributed by atoms with van der Waals surface area (Å²) in [5.74, 6) is 0.564. The molecule has 6 heteroatoms. The van der Waals surface area contributed by atoms with Crippen molar-refractivity contribution in [2.24, 2.45) is 0 Å². The smallest absolute Gasteiger partial charge is 0.270 e. The molecule has 0 unspecified atom stereocenters. The summed E-state index contributed by atoms with van der Waals surface area (Å²) in [4.78, 5) is 20.2. The number of nitrogens with zero attached hydrogens (tertiary/aromatic N) is 3. The molecule has 1 saturated heterocycles. The Morgan fingerprint density at radius 3 is 2.46 bits per heavy atom. The van der Waals surface area contributed by atoms with Crippen LogP contribution in [-0.4, -0.2) is 28.4 Å². The first kappa shape index (κ1) is 23.9. The third-order valence-corrected chi connectivity index (χ3v) is 7.71. The van der Waals surface area contributed by atoms with Crippen LogP contribution >= 0.6 is 22.6 Å². The van der Waals surface area contributed by atoms with Crippen molar-refractivity contribution in [3.63, 3.8) is 0 Å². The highest BCUT2D eigenvalue weighted by atomic mass is 127. The number of carbonyl (C=O) groups is 1. The molecule has 0 bridgehead atoms. The van der Waals surface area contributed by atoms with Gasteiger partial charge in [-0.25, -0.2) is 4.98 Å². The fourth-order valence-electron chi connectivity index (χ4n) is 4.98. The summed E-state index contributed by atoms with van der Waals surface area (Å²) in [6, 6.07) is 21.6. The van der Waals surface area contributed by atoms with E-state index in [4.69, 9.17) is 0 Å². The van der Waals surface area contributed by atoms with E-state index in [2.05, 4.69) is 86.3 Å². The topological polar surface area (TPSA) is 49.6 Å². The zero-order chi connectivity index (χ0) is 24.4. The Bertz CT molecular complexity index is 1320. The second-order valence-electron chi connectivity index (χ2n) is 9.35. The van der Waals surface area contributed by atoms with Crippen molar-refractivity contribution in [3.05, 3.63) is 98.5 Å². The van der Waals surface area contributed by atoms with Crippen molar-refractivity contribution in [1.29, 1.82) is 0 Å². The van der Waals surface area contributed by atoms with Crippen LogP contribution in [0.3, 0.4) is 0 Å². The van der Waals surface area contributed by atoms with Crippen LogP contribution in [-0.2, 0) is 13.0 Å². The van der Waals surface area contributed by atoms with E-state index in [0.29, 0.717) is 18.2 Å². The van der Waals surface area contributed by atoms with Gasteiger partial charge in [0, 0.05) is 35.1 Å². The average Bonchev–Trinajstić information content (AvgIpc) is 3.26. The first-order valence-electron chi connectivity index (χ1n) is 12.4. The lowest BCUT2D eigenvalue weighted by Crippen LogP contribution is -2.32. The maximum absolute atomic E-state index is 13.1. The molecule has 1 fully saturated rings. The number of pyridine rings is 1. The third kappa shape index (κ3) is 5.22. The van der Waals surface area contributed by atoms with Crippen molar-refractivity contribution in [2.75, 3.05) is 18.0 Å². The Morgan fingerprint density at radius 2 is 1.77 bits per heavy atom. The summed E-state index contributed by atoms with van der Waals surface area (Å²) < 4.78 is 3.18. The Labute approximate surface area is 220 Å². The number of aromatic nitrogens is 2. The second-order valence-corrected chi connectivity index (χ2v) is 10.6. The van der Waals surface area contributed by atoms with Gasteiger partial charge < -0.3 is 10.2 Å². The number of carbonyl (C=O) groups excluding carboxylic acids is 1. The van der Waals surface area contributed by atoms with Gasteiger partial charge >= 0.3 is 0 Å². The van der Waals surface area contributed by atoms with Crippen LogP contribution in [0, 0.1) is 10.5 Å². The summed E-state index contributed by atoms with van der Waals surface area (Å²) in [5.41, 5.74) is 7.24. The molecule has 4 aromatic rings. The highest BCUT2D eigenvalue weighted by Gasteiger charge is 2.21. The summed E-state index contributed by atoms with van der Waals surface area (Å²) in [6.45, 7) is 6.71. The number of fused-ring (bicyclic) bond motifs is 1. The minimum atomic E-state index is -0.0834. The van der Waals surface area contributed by atoms with Gasteiger partial charge in [0.15, 0.2) is 0 Å². The molecule has 1 amide bonds. The summed E-state index contributed by atoms with van der Waals surface area (Å²) in [5, 5.41) is 3.10. The molecule has 1 aliphatic heterocycles. The van der Waals surface area contributed by atoms with Gasteiger partial charge in [-0.2, -0.15) is 0 Å². The quantitative estimate of drug-likeness (QED) is 0.281. The largest absolute Gasteiger partial charge is 0.371 e. The number of amides is 1. The van der Waals surface area contributed by atoms with Crippen LogP contribution in [0.25, 0.3) is 5.65 Å². The number of hydrogen-bond donors (Lipinski definition) is 1. The summed E-state index contributed by atoms with van der Waals surface area (Å²) >= 11 is 2.36. The molecule has 1 aliphatic rings. The van der Waals surface area contributed by atoms with E-state index in [1.807, 2.05) is 36.6 Å². The second kappa shape index (κ2) is 10.4. The number of rotatable bonds is 6. The standard InChI is InChI=1S/C29H31IN4O/c1-3-26-28(34-17-12-20(2)18-27(34)32-26)29(35)31-19-21-4-10-25(11-5-21)33-15-13-23(14-16-33)22-6-8-24(30)9-7-22/h4-12,17-18,23H,3,13-16,19H2,1-2H3,(H,31,35). The Kier molecular flexibility index (Phi) is 7.09. The lowest BCUT2D eigenvalue weighted by Gasteiger charge is -2.34. The minimum absolute atomic E-state index is 0.0834. The van der Waals surface area contributed by atoms with Gasteiger partial charge in [-0.1, -0.05) is 31.2 Å². The fraction of sp³-hybridized carbons (Fsp3) is 0.310. The van der Waals surface area contributed by atoms with Crippen molar-refractivity contribution >= 4 is 39.8 Å². The van der Waals surface area contributed by atoms with E-state index >= 15 is 0 Å². The Morgan fingerprint density at radius 1 is 1.06 bits per heavy atom. The molecule has 0 spiro atoms. The average molecular weight is 578 g/mol. The fourth-order valence-corrected chi connectivity index (χ4v) is 5.34. The van der Waals surface area contributed by atoms with Crippen LogP contribution < -0.4 is 10.2 Å². The van der Waals surface area contributed by atoms with Crippen molar-refractivity contribution < 1.29 is 4.79 Å². The van der Waals surface area contributed by atoms with E-state index in [1.54, 1.807) is 0 Å². The van der Waals surface area contributed by atoms with Crippen molar-refractivity contribution in [3.8, 4) is 0 Å². The lowest BCUT2D eigenvalue weighted by atomic mass is 9.89. The molecule has 0 atom stereocenters. The van der Waals surface area contributed by atoms with Gasteiger partial charge in [-0.3, -0.25) is 9.20 Å². The number of anilines is 1. The SMILES string of the molecule is CCc1nc2cc(C)ccn2c1C(=O)NCc1ccc(N2CCC(c3ccc(I)cc3)CC2)cc1. The van der Waals surface area contributed by atoms with Gasteiger partial charge in [0.2, 0.25) is 0 Å². The van der Waals surface area contributed by atoms with E-state index in [1.165, 1.54) is 27.7 Å². The number of imidazole rings is 1. The Balaban J connectivity index is 1.19. The normalized spacial score (nSPS) is 14.4. The van der Waals surface area contributed by atoms with Crippen molar-refractivity contribution in [2.45, 2.75) is 45.6 Å². The number of benzene rings is 2. The molecule has 0 aliphatic carbocycles. The lowest BCUT2D eigenvalue weighted by molar-refractivity contribution is 0.0944. The summed E-state index contributed by atoms with van der Waals surface area (Å²) in [7, 11) is 0. The molecule has 180 valence electrons. The summed E-state index contributed by atoms with van der Waals surface area (Å²) in [6.07, 6.45) is 5.01. The molecular formula is C29H31IN4O. The molecule has 3 heterocycles. The number of halogens is 1. The van der Waals surface area contributed by atoms with Crippen LogP contribution in [0.15, 0.2) is 66.9 Å².